The first-order valence-corrected chi connectivity index (χ1v) is 14.3. The molecule has 0 aromatic heterocycles. The Bertz CT molecular complexity index is 1320. The summed E-state index contributed by atoms with van der Waals surface area (Å²) in [5, 5.41) is 0. The van der Waals surface area contributed by atoms with Crippen molar-refractivity contribution in [3.05, 3.63) is 131 Å². The van der Waals surface area contributed by atoms with Gasteiger partial charge in [-0.3, -0.25) is 9.59 Å². The molecule has 6 heteroatoms. The van der Waals surface area contributed by atoms with E-state index in [0.29, 0.717) is 62.0 Å². The Balaban J connectivity index is 1.13. The van der Waals surface area contributed by atoms with Gasteiger partial charge in [0.15, 0.2) is 0 Å². The summed E-state index contributed by atoms with van der Waals surface area (Å²) in [6.45, 7) is 3.26. The monoisotopic (exact) mass is 548 g/mol. The molecule has 1 aliphatic heterocycles. The summed E-state index contributed by atoms with van der Waals surface area (Å²) in [7, 11) is 0. The lowest BCUT2D eigenvalue weighted by atomic mass is 10.1. The lowest BCUT2D eigenvalue weighted by Crippen LogP contribution is -2.37. The minimum Gasteiger partial charge on any atom is -0.493 e. The van der Waals surface area contributed by atoms with Gasteiger partial charge in [0.25, 0.3) is 11.8 Å². The van der Waals surface area contributed by atoms with Crippen LogP contribution in [0.1, 0.15) is 38.3 Å². The van der Waals surface area contributed by atoms with Crippen LogP contribution in [0.25, 0.3) is 0 Å². The molecule has 0 N–H and O–H groups in total. The van der Waals surface area contributed by atoms with E-state index < -0.39 is 0 Å². The second kappa shape index (κ2) is 14.2. The summed E-state index contributed by atoms with van der Waals surface area (Å²) in [5.41, 5.74) is 3.63. The third-order valence-corrected chi connectivity index (χ3v) is 7.24. The molecule has 5 rings (SSSR count). The molecule has 1 fully saturated rings. The number of ether oxygens (including phenoxy) is 2. The fourth-order valence-electron chi connectivity index (χ4n) is 4.99. The van der Waals surface area contributed by atoms with Crippen molar-refractivity contribution in [1.82, 2.24) is 9.80 Å². The first-order valence-electron chi connectivity index (χ1n) is 14.3. The number of hydrogen-bond acceptors (Lipinski definition) is 4. The van der Waals surface area contributed by atoms with Gasteiger partial charge in [0, 0.05) is 50.1 Å². The largest absolute Gasteiger partial charge is 0.493 e. The van der Waals surface area contributed by atoms with Crippen LogP contribution in [0.5, 0.6) is 11.5 Å². The summed E-state index contributed by atoms with van der Waals surface area (Å²) in [6, 6.07) is 35.1. The third kappa shape index (κ3) is 7.98. The van der Waals surface area contributed by atoms with Crippen molar-refractivity contribution in [3.63, 3.8) is 0 Å². The molecule has 0 unspecified atom stereocenters. The number of carbonyl (C=O) groups is 2. The fourth-order valence-corrected chi connectivity index (χ4v) is 4.99. The van der Waals surface area contributed by atoms with Gasteiger partial charge >= 0.3 is 0 Å². The highest BCUT2D eigenvalue weighted by atomic mass is 16.5. The Morgan fingerprint density at radius 2 is 0.976 bits per heavy atom. The van der Waals surface area contributed by atoms with Gasteiger partial charge in [0.1, 0.15) is 11.5 Å². The predicted molar refractivity (Wildman–Crippen MR) is 161 cm³/mol. The van der Waals surface area contributed by atoms with Crippen molar-refractivity contribution in [2.45, 2.75) is 19.3 Å². The molecule has 41 heavy (non-hydrogen) atoms. The third-order valence-electron chi connectivity index (χ3n) is 7.24. The van der Waals surface area contributed by atoms with Crippen LogP contribution in [0.15, 0.2) is 109 Å². The molecule has 0 atom stereocenters. The molecule has 0 spiro atoms. The van der Waals surface area contributed by atoms with Crippen LogP contribution >= 0.6 is 0 Å². The Kier molecular flexibility index (Phi) is 9.67. The molecule has 1 aliphatic rings. The molecular formula is C35H36N2O4. The normalized spacial score (nSPS) is 13.4. The molecule has 6 nitrogen and oxygen atoms in total. The summed E-state index contributed by atoms with van der Waals surface area (Å²) < 4.78 is 11.9. The molecule has 2 amide bonds. The highest BCUT2D eigenvalue weighted by Gasteiger charge is 2.24. The molecule has 4 aromatic carbocycles. The first kappa shape index (κ1) is 28.0. The maximum absolute atomic E-state index is 13.3. The van der Waals surface area contributed by atoms with E-state index >= 15 is 0 Å². The van der Waals surface area contributed by atoms with Crippen LogP contribution in [-0.2, 0) is 12.8 Å². The SMILES string of the molecule is O=C(c1cccc(OCCc2ccccc2)c1)N1CCCN(C(=O)c2cccc(OCCc3ccccc3)c2)CC1. The smallest absolute Gasteiger partial charge is 0.254 e. The van der Waals surface area contributed by atoms with Gasteiger partial charge in [0.05, 0.1) is 13.2 Å². The van der Waals surface area contributed by atoms with Crippen LogP contribution in [0.2, 0.25) is 0 Å². The molecule has 0 radical (unpaired) electrons. The standard InChI is InChI=1S/C35H36N2O4/c38-34(30-14-7-16-32(26-30)40-24-18-28-10-3-1-4-11-28)36-20-9-21-37(23-22-36)35(39)31-15-8-17-33(27-31)41-25-19-29-12-5-2-6-13-29/h1-8,10-17,26-27H,9,18-25H2. The average Bonchev–Trinajstić information content (AvgIpc) is 3.28. The molecular weight excluding hydrogens is 512 g/mol. The molecule has 1 heterocycles. The van der Waals surface area contributed by atoms with Crippen molar-refractivity contribution in [2.24, 2.45) is 0 Å². The lowest BCUT2D eigenvalue weighted by molar-refractivity contribution is 0.0718. The van der Waals surface area contributed by atoms with Gasteiger partial charge in [-0.2, -0.15) is 0 Å². The van der Waals surface area contributed by atoms with Crippen molar-refractivity contribution in [3.8, 4) is 11.5 Å². The Morgan fingerprint density at radius 1 is 0.537 bits per heavy atom. The zero-order valence-corrected chi connectivity index (χ0v) is 23.3. The summed E-state index contributed by atoms with van der Waals surface area (Å²) in [5.74, 6) is 1.29. The molecule has 1 saturated heterocycles. The quantitative estimate of drug-likeness (QED) is 0.247. The van der Waals surface area contributed by atoms with E-state index in [1.54, 1.807) is 0 Å². The second-order valence-electron chi connectivity index (χ2n) is 10.2. The van der Waals surface area contributed by atoms with E-state index in [0.717, 1.165) is 19.3 Å². The van der Waals surface area contributed by atoms with E-state index in [1.165, 1.54) is 11.1 Å². The van der Waals surface area contributed by atoms with Crippen LogP contribution in [0.3, 0.4) is 0 Å². The van der Waals surface area contributed by atoms with Gasteiger partial charge < -0.3 is 19.3 Å². The lowest BCUT2D eigenvalue weighted by Gasteiger charge is -2.22. The minimum atomic E-state index is -0.0402. The highest BCUT2D eigenvalue weighted by Crippen LogP contribution is 2.19. The van der Waals surface area contributed by atoms with Crippen molar-refractivity contribution >= 4 is 11.8 Å². The summed E-state index contributed by atoms with van der Waals surface area (Å²) >= 11 is 0. The van der Waals surface area contributed by atoms with Gasteiger partial charge in [-0.15, -0.1) is 0 Å². The number of hydrogen-bond donors (Lipinski definition) is 0. The fraction of sp³-hybridized carbons (Fsp3) is 0.257. The molecule has 210 valence electrons. The number of carbonyl (C=O) groups excluding carboxylic acids is 2. The second-order valence-corrected chi connectivity index (χ2v) is 10.2. The maximum Gasteiger partial charge on any atom is 0.254 e. The molecule has 0 aliphatic carbocycles. The molecule has 0 bridgehead atoms. The van der Waals surface area contributed by atoms with Crippen molar-refractivity contribution in [1.29, 1.82) is 0 Å². The van der Waals surface area contributed by atoms with Crippen LogP contribution in [-0.4, -0.2) is 61.0 Å². The van der Waals surface area contributed by atoms with E-state index in [9.17, 15) is 9.59 Å². The highest BCUT2D eigenvalue weighted by molar-refractivity contribution is 5.96. The van der Waals surface area contributed by atoms with Gasteiger partial charge in [-0.05, 0) is 53.9 Å². The molecule has 4 aromatic rings. The summed E-state index contributed by atoms with van der Waals surface area (Å²) in [4.78, 5) is 30.4. The van der Waals surface area contributed by atoms with Gasteiger partial charge in [-0.1, -0.05) is 72.8 Å². The first-order chi connectivity index (χ1) is 20.2. The predicted octanol–water partition coefficient (Wildman–Crippen LogP) is 5.92. The Morgan fingerprint density at radius 3 is 1.41 bits per heavy atom. The zero-order chi connectivity index (χ0) is 28.3. The maximum atomic E-state index is 13.3. The summed E-state index contributed by atoms with van der Waals surface area (Å²) in [6.07, 6.45) is 2.33. The van der Waals surface area contributed by atoms with E-state index in [4.69, 9.17) is 9.47 Å². The number of rotatable bonds is 10. The number of amides is 2. The van der Waals surface area contributed by atoms with E-state index in [-0.39, 0.29) is 11.8 Å². The van der Waals surface area contributed by atoms with Crippen molar-refractivity contribution < 1.29 is 19.1 Å². The number of nitrogens with zero attached hydrogens (tertiary/aromatic N) is 2. The van der Waals surface area contributed by atoms with Crippen molar-refractivity contribution in [2.75, 3.05) is 39.4 Å². The van der Waals surface area contributed by atoms with Gasteiger partial charge in [0.2, 0.25) is 0 Å². The Hall–Kier alpha value is -4.58. The van der Waals surface area contributed by atoms with Crippen LogP contribution < -0.4 is 9.47 Å². The van der Waals surface area contributed by atoms with E-state index in [2.05, 4.69) is 24.3 Å². The zero-order valence-electron chi connectivity index (χ0n) is 23.3. The van der Waals surface area contributed by atoms with E-state index in [1.807, 2.05) is 94.7 Å². The topological polar surface area (TPSA) is 59.1 Å². The minimum absolute atomic E-state index is 0.0402. The van der Waals surface area contributed by atoms with Gasteiger partial charge in [-0.25, -0.2) is 0 Å². The van der Waals surface area contributed by atoms with Crippen LogP contribution in [0, 0.1) is 0 Å². The average molecular weight is 549 g/mol. The number of benzene rings is 4. The Labute approximate surface area is 242 Å². The van der Waals surface area contributed by atoms with Crippen LogP contribution in [0.4, 0.5) is 0 Å². The molecule has 0 saturated carbocycles.